The van der Waals surface area contributed by atoms with Crippen LogP contribution in [0.3, 0.4) is 0 Å². The van der Waals surface area contributed by atoms with Crippen LogP contribution in [0.2, 0.25) is 0 Å². The highest BCUT2D eigenvalue weighted by Gasteiger charge is 2.36. The molecule has 1 amide bonds. The lowest BCUT2D eigenvalue weighted by Gasteiger charge is -2.17. The number of esters is 1. The number of carbonyl (C=O) groups is 2. The molecule has 1 aliphatic heterocycles. The van der Waals surface area contributed by atoms with E-state index < -0.39 is 5.92 Å². The van der Waals surface area contributed by atoms with Gasteiger partial charge in [0.15, 0.2) is 0 Å². The molecule has 24 heavy (non-hydrogen) atoms. The molecule has 1 saturated heterocycles. The van der Waals surface area contributed by atoms with E-state index in [1.165, 1.54) is 0 Å². The van der Waals surface area contributed by atoms with E-state index >= 15 is 0 Å². The molecule has 3 rings (SSSR count). The summed E-state index contributed by atoms with van der Waals surface area (Å²) < 4.78 is 5.47. The first kappa shape index (κ1) is 16.2. The summed E-state index contributed by atoms with van der Waals surface area (Å²) in [5, 5.41) is 0. The molecule has 1 atom stereocenters. The van der Waals surface area contributed by atoms with Crippen molar-refractivity contribution in [3.8, 4) is 5.75 Å². The van der Waals surface area contributed by atoms with Gasteiger partial charge in [-0.15, -0.1) is 0 Å². The predicted molar refractivity (Wildman–Crippen MR) is 93.2 cm³/mol. The minimum Gasteiger partial charge on any atom is -0.426 e. The summed E-state index contributed by atoms with van der Waals surface area (Å²) in [7, 11) is 0. The largest absolute Gasteiger partial charge is 0.426 e. The number of benzene rings is 2. The Hall–Kier alpha value is -2.62. The van der Waals surface area contributed by atoms with Crippen molar-refractivity contribution in [2.24, 2.45) is 5.92 Å². The number of hydrogen-bond acceptors (Lipinski definition) is 3. The number of ether oxygens (including phenoxy) is 1. The highest BCUT2D eigenvalue weighted by Crippen LogP contribution is 2.27. The van der Waals surface area contributed by atoms with Crippen LogP contribution >= 0.6 is 0 Å². The maximum Gasteiger partial charge on any atom is 0.316 e. The number of anilines is 1. The van der Waals surface area contributed by atoms with E-state index in [1.54, 1.807) is 11.0 Å². The van der Waals surface area contributed by atoms with Crippen LogP contribution in [0.5, 0.6) is 5.75 Å². The number of rotatable bonds is 3. The molecular formula is C20H21NO3. The van der Waals surface area contributed by atoms with E-state index in [1.807, 2.05) is 57.2 Å². The van der Waals surface area contributed by atoms with Gasteiger partial charge >= 0.3 is 5.97 Å². The van der Waals surface area contributed by atoms with Gasteiger partial charge in [-0.3, -0.25) is 9.59 Å². The highest BCUT2D eigenvalue weighted by atomic mass is 16.5. The molecule has 0 aliphatic carbocycles. The van der Waals surface area contributed by atoms with Crippen molar-refractivity contribution in [3.63, 3.8) is 0 Å². The molecule has 4 heteroatoms. The number of nitrogens with zero attached hydrogens (tertiary/aromatic N) is 1. The van der Waals surface area contributed by atoms with Crippen molar-refractivity contribution in [1.82, 2.24) is 0 Å². The first-order valence-electron chi connectivity index (χ1n) is 8.10. The zero-order valence-corrected chi connectivity index (χ0v) is 14.2. The fourth-order valence-corrected chi connectivity index (χ4v) is 2.89. The second kappa shape index (κ2) is 6.48. The van der Waals surface area contributed by atoms with Gasteiger partial charge in [0.25, 0.3) is 0 Å². The van der Waals surface area contributed by atoms with Crippen LogP contribution in [0.25, 0.3) is 0 Å². The predicted octanol–water partition coefficient (Wildman–Crippen LogP) is 3.57. The normalized spacial score (nSPS) is 17.2. The molecule has 2 aromatic carbocycles. The van der Waals surface area contributed by atoms with Gasteiger partial charge in [0, 0.05) is 18.7 Å². The Morgan fingerprint density at radius 1 is 1.08 bits per heavy atom. The number of aryl methyl sites for hydroxylation is 3. The molecule has 1 heterocycles. The zero-order valence-electron chi connectivity index (χ0n) is 14.2. The van der Waals surface area contributed by atoms with E-state index in [4.69, 9.17) is 4.74 Å². The molecule has 124 valence electrons. The average Bonchev–Trinajstić information content (AvgIpc) is 2.93. The van der Waals surface area contributed by atoms with Crippen LogP contribution < -0.4 is 9.64 Å². The Morgan fingerprint density at radius 2 is 1.88 bits per heavy atom. The molecule has 0 saturated carbocycles. The molecule has 1 fully saturated rings. The van der Waals surface area contributed by atoms with E-state index in [2.05, 4.69) is 0 Å². The van der Waals surface area contributed by atoms with Crippen molar-refractivity contribution >= 4 is 17.6 Å². The minimum absolute atomic E-state index is 0.0392. The Bertz CT molecular complexity index is 797. The van der Waals surface area contributed by atoms with Crippen molar-refractivity contribution in [2.75, 3.05) is 11.4 Å². The summed E-state index contributed by atoms with van der Waals surface area (Å²) in [4.78, 5) is 26.3. The molecule has 1 aliphatic rings. The number of carbonyl (C=O) groups excluding carboxylic acids is 2. The molecule has 0 bridgehead atoms. The minimum atomic E-state index is -0.431. The van der Waals surface area contributed by atoms with Gasteiger partial charge in [0.2, 0.25) is 5.91 Å². The lowest BCUT2D eigenvalue weighted by molar-refractivity contribution is -0.139. The molecule has 0 unspecified atom stereocenters. The first-order valence-corrected chi connectivity index (χ1v) is 8.10. The van der Waals surface area contributed by atoms with E-state index in [0.29, 0.717) is 12.3 Å². The van der Waals surface area contributed by atoms with Gasteiger partial charge in [-0.05, 0) is 61.7 Å². The van der Waals surface area contributed by atoms with Gasteiger partial charge in [-0.2, -0.15) is 0 Å². The lowest BCUT2D eigenvalue weighted by Crippen LogP contribution is -2.27. The molecule has 0 radical (unpaired) electrons. The summed E-state index contributed by atoms with van der Waals surface area (Å²) in [5.41, 5.74) is 4.14. The van der Waals surface area contributed by atoms with Crippen LogP contribution in [-0.2, 0) is 9.59 Å². The third-order valence-corrected chi connectivity index (χ3v) is 4.47. The fourth-order valence-electron chi connectivity index (χ4n) is 2.89. The van der Waals surface area contributed by atoms with Crippen LogP contribution in [0.15, 0.2) is 42.5 Å². The SMILES string of the molecule is Cc1cccc(N2C[C@@H](C(=O)Oc3ccc(C)c(C)c3)CC2=O)c1. The maximum absolute atomic E-state index is 12.4. The second-order valence-corrected chi connectivity index (χ2v) is 6.41. The van der Waals surface area contributed by atoms with E-state index in [0.717, 1.165) is 22.4 Å². The maximum atomic E-state index is 12.4. The van der Waals surface area contributed by atoms with Gasteiger partial charge in [0.05, 0.1) is 5.92 Å². The summed E-state index contributed by atoms with van der Waals surface area (Å²) in [6.07, 6.45) is 0.192. The molecule has 0 aromatic heterocycles. The monoisotopic (exact) mass is 323 g/mol. The molecule has 0 spiro atoms. The van der Waals surface area contributed by atoms with Crippen molar-refractivity contribution in [2.45, 2.75) is 27.2 Å². The third kappa shape index (κ3) is 3.32. The molecule has 2 aromatic rings. The molecular weight excluding hydrogens is 302 g/mol. The Morgan fingerprint density at radius 3 is 2.58 bits per heavy atom. The lowest BCUT2D eigenvalue weighted by atomic mass is 10.1. The number of amides is 1. The fraction of sp³-hybridized carbons (Fsp3) is 0.300. The van der Waals surface area contributed by atoms with Gasteiger partial charge in [-0.1, -0.05) is 18.2 Å². The Kier molecular flexibility index (Phi) is 4.38. The van der Waals surface area contributed by atoms with Crippen LogP contribution in [0.1, 0.15) is 23.1 Å². The Labute approximate surface area is 142 Å². The smallest absolute Gasteiger partial charge is 0.316 e. The van der Waals surface area contributed by atoms with Crippen LogP contribution in [0, 0.1) is 26.7 Å². The van der Waals surface area contributed by atoms with Gasteiger partial charge < -0.3 is 9.64 Å². The topological polar surface area (TPSA) is 46.6 Å². The van der Waals surface area contributed by atoms with Crippen LogP contribution in [0.4, 0.5) is 5.69 Å². The summed E-state index contributed by atoms with van der Waals surface area (Å²) in [6, 6.07) is 13.3. The third-order valence-electron chi connectivity index (χ3n) is 4.47. The zero-order chi connectivity index (χ0) is 17.3. The Balaban J connectivity index is 1.70. The number of hydrogen-bond donors (Lipinski definition) is 0. The van der Waals surface area contributed by atoms with Gasteiger partial charge in [0.1, 0.15) is 5.75 Å². The quantitative estimate of drug-likeness (QED) is 0.641. The second-order valence-electron chi connectivity index (χ2n) is 6.41. The van der Waals surface area contributed by atoms with E-state index in [9.17, 15) is 9.59 Å². The van der Waals surface area contributed by atoms with Crippen LogP contribution in [-0.4, -0.2) is 18.4 Å². The standard InChI is InChI=1S/C20H21NO3/c1-13-5-4-6-17(9-13)21-12-16(11-19(21)22)20(23)24-18-8-7-14(2)15(3)10-18/h4-10,16H,11-12H2,1-3H3/t16-/m0/s1. The van der Waals surface area contributed by atoms with Gasteiger partial charge in [-0.25, -0.2) is 0 Å². The van der Waals surface area contributed by atoms with Crippen molar-refractivity contribution in [3.05, 3.63) is 59.2 Å². The van der Waals surface area contributed by atoms with E-state index in [-0.39, 0.29) is 18.3 Å². The summed E-state index contributed by atoms with van der Waals surface area (Å²) >= 11 is 0. The summed E-state index contributed by atoms with van der Waals surface area (Å²) in [6.45, 7) is 6.34. The molecule has 4 nitrogen and oxygen atoms in total. The van der Waals surface area contributed by atoms with Crippen molar-refractivity contribution in [1.29, 1.82) is 0 Å². The highest BCUT2D eigenvalue weighted by molar-refractivity contribution is 5.99. The summed E-state index contributed by atoms with van der Waals surface area (Å²) in [5.74, 6) is -0.284. The first-order chi connectivity index (χ1) is 11.4. The molecule has 0 N–H and O–H groups in total. The average molecular weight is 323 g/mol. The van der Waals surface area contributed by atoms with Crippen molar-refractivity contribution < 1.29 is 14.3 Å².